The Morgan fingerprint density at radius 3 is 2.39 bits per heavy atom. The molecule has 23 heavy (non-hydrogen) atoms. The molecule has 0 aliphatic carbocycles. The molecule has 0 bridgehead atoms. The molecule has 0 aromatic heterocycles. The minimum Gasteiger partial charge on any atom is -0.481 e. The molecule has 1 saturated heterocycles. The lowest BCUT2D eigenvalue weighted by Gasteiger charge is -2.27. The number of unbranched alkanes of at least 4 members (excludes halogenated alkanes) is 4. The van der Waals surface area contributed by atoms with Crippen molar-refractivity contribution in [2.45, 2.75) is 64.7 Å². The molecule has 5 heteroatoms. The number of rotatable bonds is 11. The van der Waals surface area contributed by atoms with Gasteiger partial charge in [-0.2, -0.15) is 0 Å². The van der Waals surface area contributed by atoms with E-state index in [1.807, 2.05) is 0 Å². The number of hydrogen-bond acceptors (Lipinski definition) is 4. The van der Waals surface area contributed by atoms with Crippen molar-refractivity contribution in [1.82, 2.24) is 4.90 Å². The van der Waals surface area contributed by atoms with E-state index in [4.69, 9.17) is 9.84 Å². The molecule has 1 fully saturated rings. The highest BCUT2D eigenvalue weighted by atomic mass is 16.5. The topological polar surface area (TPSA) is 66.8 Å². The van der Waals surface area contributed by atoms with E-state index in [1.165, 1.54) is 0 Å². The molecule has 0 saturated carbocycles. The molecule has 0 aromatic rings. The minimum atomic E-state index is -0.704. The van der Waals surface area contributed by atoms with Crippen molar-refractivity contribution in [2.24, 2.45) is 11.8 Å². The number of carboxylic acids is 1. The fourth-order valence-electron chi connectivity index (χ4n) is 2.97. The highest BCUT2D eigenvalue weighted by Gasteiger charge is 2.24. The molecule has 0 spiro atoms. The Labute approximate surface area is 140 Å². The van der Waals surface area contributed by atoms with Crippen molar-refractivity contribution >= 4 is 11.9 Å². The normalized spacial score (nSPS) is 17.8. The third kappa shape index (κ3) is 9.59. The Kier molecular flexibility index (Phi) is 9.92. The summed E-state index contributed by atoms with van der Waals surface area (Å²) >= 11 is 0. The summed E-state index contributed by atoms with van der Waals surface area (Å²) in [5.41, 5.74) is 0. The molecule has 1 rings (SSSR count). The van der Waals surface area contributed by atoms with Gasteiger partial charge in [-0.05, 0) is 51.7 Å². The predicted molar refractivity (Wildman–Crippen MR) is 90.3 cm³/mol. The molecular formula is C18H33NO4. The number of piperidine rings is 1. The SMILES string of the molecule is CC(CCCCCCCC(=O)O)COC(=O)C1CCN(C)CC1. The monoisotopic (exact) mass is 327 g/mol. The zero-order chi connectivity index (χ0) is 17.1. The maximum atomic E-state index is 12.0. The van der Waals surface area contributed by atoms with Crippen LogP contribution in [-0.4, -0.2) is 48.7 Å². The fraction of sp³-hybridized carbons (Fsp3) is 0.889. The number of esters is 1. The molecule has 0 radical (unpaired) electrons. The predicted octanol–water partition coefficient (Wildman–Crippen LogP) is 3.32. The molecule has 134 valence electrons. The maximum absolute atomic E-state index is 12.0. The fourth-order valence-corrected chi connectivity index (χ4v) is 2.97. The molecule has 1 aliphatic heterocycles. The summed E-state index contributed by atoms with van der Waals surface area (Å²) < 4.78 is 5.48. The number of likely N-dealkylation sites (tertiary alicyclic amines) is 1. The van der Waals surface area contributed by atoms with Crippen molar-refractivity contribution in [3.8, 4) is 0 Å². The quantitative estimate of drug-likeness (QED) is 0.466. The van der Waals surface area contributed by atoms with Gasteiger partial charge in [0.15, 0.2) is 0 Å². The highest BCUT2D eigenvalue weighted by Crippen LogP contribution is 2.18. The van der Waals surface area contributed by atoms with Crippen LogP contribution in [-0.2, 0) is 14.3 Å². The first-order valence-corrected chi connectivity index (χ1v) is 9.06. The van der Waals surface area contributed by atoms with Gasteiger partial charge in [-0.25, -0.2) is 0 Å². The molecule has 1 atom stereocenters. The summed E-state index contributed by atoms with van der Waals surface area (Å²) in [4.78, 5) is 24.7. The van der Waals surface area contributed by atoms with Crippen molar-refractivity contribution < 1.29 is 19.4 Å². The zero-order valence-electron chi connectivity index (χ0n) is 14.8. The largest absolute Gasteiger partial charge is 0.481 e. The Balaban J connectivity index is 1.98. The van der Waals surface area contributed by atoms with Crippen LogP contribution >= 0.6 is 0 Å². The maximum Gasteiger partial charge on any atom is 0.309 e. The lowest BCUT2D eigenvalue weighted by Crippen LogP contribution is -2.34. The Morgan fingerprint density at radius 1 is 1.13 bits per heavy atom. The summed E-state index contributed by atoms with van der Waals surface area (Å²) in [5, 5.41) is 8.56. The minimum absolute atomic E-state index is 0.0152. The molecule has 1 heterocycles. The molecule has 5 nitrogen and oxygen atoms in total. The molecule has 1 unspecified atom stereocenters. The van der Waals surface area contributed by atoms with Gasteiger partial charge in [0, 0.05) is 6.42 Å². The second-order valence-electron chi connectivity index (χ2n) is 7.01. The smallest absolute Gasteiger partial charge is 0.309 e. The van der Waals surface area contributed by atoms with Gasteiger partial charge in [-0.15, -0.1) is 0 Å². The first-order valence-electron chi connectivity index (χ1n) is 9.06. The van der Waals surface area contributed by atoms with Crippen LogP contribution in [0.25, 0.3) is 0 Å². The van der Waals surface area contributed by atoms with Gasteiger partial charge in [0.1, 0.15) is 0 Å². The van der Waals surface area contributed by atoms with Crippen molar-refractivity contribution in [3.63, 3.8) is 0 Å². The standard InChI is InChI=1S/C18H33NO4/c1-15(8-6-4-3-5-7-9-17(20)21)14-23-18(22)16-10-12-19(2)13-11-16/h15-16H,3-14H2,1-2H3,(H,20,21). The van der Waals surface area contributed by atoms with Crippen LogP contribution in [0.4, 0.5) is 0 Å². The zero-order valence-corrected chi connectivity index (χ0v) is 14.8. The van der Waals surface area contributed by atoms with E-state index in [0.717, 1.165) is 64.5 Å². The third-order valence-corrected chi connectivity index (χ3v) is 4.65. The van der Waals surface area contributed by atoms with E-state index in [1.54, 1.807) is 0 Å². The molecule has 0 aromatic carbocycles. The van der Waals surface area contributed by atoms with Crippen molar-refractivity contribution in [3.05, 3.63) is 0 Å². The molecule has 1 N–H and O–H groups in total. The van der Waals surface area contributed by atoms with Gasteiger partial charge in [0.2, 0.25) is 0 Å². The number of hydrogen-bond donors (Lipinski definition) is 1. The molecule has 1 aliphatic rings. The van der Waals surface area contributed by atoms with E-state index in [2.05, 4.69) is 18.9 Å². The Hall–Kier alpha value is -1.10. The van der Waals surface area contributed by atoms with Crippen LogP contribution in [0, 0.1) is 11.8 Å². The lowest BCUT2D eigenvalue weighted by molar-refractivity contribution is -0.151. The summed E-state index contributed by atoms with van der Waals surface area (Å²) in [5.74, 6) is -0.222. The first kappa shape index (κ1) is 19.9. The number of carbonyl (C=O) groups excluding carboxylic acids is 1. The average Bonchev–Trinajstić information content (AvgIpc) is 2.52. The van der Waals surface area contributed by atoms with Gasteiger partial charge in [0.25, 0.3) is 0 Å². The summed E-state index contributed by atoms with van der Waals surface area (Å²) in [6, 6.07) is 0. The second kappa shape index (κ2) is 11.4. The summed E-state index contributed by atoms with van der Waals surface area (Å²) in [6.45, 7) is 4.63. The second-order valence-corrected chi connectivity index (χ2v) is 7.01. The highest BCUT2D eigenvalue weighted by molar-refractivity contribution is 5.72. The third-order valence-electron chi connectivity index (χ3n) is 4.65. The Bertz CT molecular complexity index is 351. The van der Waals surface area contributed by atoms with E-state index in [-0.39, 0.29) is 18.3 Å². The van der Waals surface area contributed by atoms with Gasteiger partial charge in [-0.3, -0.25) is 9.59 Å². The average molecular weight is 327 g/mol. The van der Waals surface area contributed by atoms with E-state index in [9.17, 15) is 9.59 Å². The van der Waals surface area contributed by atoms with Crippen molar-refractivity contribution in [2.75, 3.05) is 26.7 Å². The van der Waals surface area contributed by atoms with Gasteiger partial charge in [0.05, 0.1) is 12.5 Å². The van der Waals surface area contributed by atoms with E-state index < -0.39 is 5.97 Å². The van der Waals surface area contributed by atoms with Crippen LogP contribution in [0.15, 0.2) is 0 Å². The van der Waals surface area contributed by atoms with Crippen LogP contribution < -0.4 is 0 Å². The molecule has 0 amide bonds. The van der Waals surface area contributed by atoms with Crippen LogP contribution in [0.1, 0.15) is 64.7 Å². The van der Waals surface area contributed by atoms with Crippen LogP contribution in [0.2, 0.25) is 0 Å². The van der Waals surface area contributed by atoms with Gasteiger partial charge >= 0.3 is 11.9 Å². The Morgan fingerprint density at radius 2 is 1.74 bits per heavy atom. The lowest BCUT2D eigenvalue weighted by atomic mass is 9.97. The van der Waals surface area contributed by atoms with E-state index in [0.29, 0.717) is 12.5 Å². The summed E-state index contributed by atoms with van der Waals surface area (Å²) in [7, 11) is 2.09. The molecular weight excluding hydrogens is 294 g/mol. The van der Waals surface area contributed by atoms with Crippen LogP contribution in [0.5, 0.6) is 0 Å². The van der Waals surface area contributed by atoms with Gasteiger partial charge < -0.3 is 14.7 Å². The number of aliphatic carboxylic acids is 1. The van der Waals surface area contributed by atoms with Crippen molar-refractivity contribution in [1.29, 1.82) is 0 Å². The number of carboxylic acid groups (broad SMARTS) is 1. The van der Waals surface area contributed by atoms with E-state index >= 15 is 0 Å². The van der Waals surface area contributed by atoms with Crippen LogP contribution in [0.3, 0.4) is 0 Å². The van der Waals surface area contributed by atoms with Gasteiger partial charge in [-0.1, -0.05) is 32.6 Å². The first-order chi connectivity index (χ1) is 11.0. The number of nitrogens with zero attached hydrogens (tertiary/aromatic N) is 1. The number of carbonyl (C=O) groups is 2. The number of ether oxygens (including phenoxy) is 1. The summed E-state index contributed by atoms with van der Waals surface area (Å²) in [6.07, 6.45) is 8.30.